The Morgan fingerprint density at radius 2 is 2.04 bits per heavy atom. The lowest BCUT2D eigenvalue weighted by atomic mass is 10.2. The molecule has 0 radical (unpaired) electrons. The number of nitrogens with zero attached hydrogens (tertiary/aromatic N) is 4. The summed E-state index contributed by atoms with van der Waals surface area (Å²) in [5.41, 5.74) is 0.730. The van der Waals surface area contributed by atoms with Gasteiger partial charge in [0.25, 0.3) is 0 Å². The number of aryl methyl sites for hydroxylation is 2. The number of hydrogen-bond donors (Lipinski definition) is 1. The summed E-state index contributed by atoms with van der Waals surface area (Å²) in [4.78, 5) is 16.3. The zero-order chi connectivity index (χ0) is 19.2. The van der Waals surface area contributed by atoms with Crippen LogP contribution in [0.4, 0.5) is 5.13 Å². The molecule has 0 spiro atoms. The Morgan fingerprint density at radius 3 is 2.74 bits per heavy atom. The molecular weight excluding hydrogens is 370 g/mol. The zero-order valence-electron chi connectivity index (χ0n) is 15.2. The molecular formula is C17H19N5O4S. The number of amides is 1. The fourth-order valence-electron chi connectivity index (χ4n) is 2.30. The maximum Gasteiger partial charge on any atom is 0.227 e. The van der Waals surface area contributed by atoms with E-state index in [0.717, 1.165) is 17.0 Å². The average molecular weight is 389 g/mol. The number of rotatable bonds is 8. The Kier molecular flexibility index (Phi) is 5.97. The minimum absolute atomic E-state index is 0.181. The van der Waals surface area contributed by atoms with Crippen molar-refractivity contribution in [3.05, 3.63) is 29.1 Å². The first-order valence-electron chi connectivity index (χ1n) is 8.30. The third-order valence-electron chi connectivity index (χ3n) is 3.69. The maximum atomic E-state index is 12.0. The summed E-state index contributed by atoms with van der Waals surface area (Å²) in [5.74, 6) is 1.80. The van der Waals surface area contributed by atoms with Crippen molar-refractivity contribution >= 4 is 22.4 Å². The molecule has 0 bridgehead atoms. The van der Waals surface area contributed by atoms with E-state index in [9.17, 15) is 4.79 Å². The van der Waals surface area contributed by atoms with E-state index in [-0.39, 0.29) is 12.3 Å². The van der Waals surface area contributed by atoms with Gasteiger partial charge in [0.2, 0.25) is 22.8 Å². The number of benzene rings is 1. The Labute approximate surface area is 159 Å². The molecule has 0 fully saturated rings. The summed E-state index contributed by atoms with van der Waals surface area (Å²) >= 11 is 1.36. The van der Waals surface area contributed by atoms with Crippen molar-refractivity contribution in [2.45, 2.75) is 26.2 Å². The molecule has 0 aliphatic heterocycles. The third kappa shape index (κ3) is 4.59. The molecule has 10 heteroatoms. The van der Waals surface area contributed by atoms with Gasteiger partial charge in [0.05, 0.1) is 14.2 Å². The fourth-order valence-corrected chi connectivity index (χ4v) is 2.99. The summed E-state index contributed by atoms with van der Waals surface area (Å²) in [6.07, 6.45) is 1.31. The lowest BCUT2D eigenvalue weighted by molar-refractivity contribution is -0.116. The minimum atomic E-state index is -0.181. The lowest BCUT2D eigenvalue weighted by Crippen LogP contribution is -2.12. The van der Waals surface area contributed by atoms with Crippen molar-refractivity contribution < 1.29 is 18.8 Å². The molecule has 1 aromatic carbocycles. The van der Waals surface area contributed by atoms with Gasteiger partial charge in [0, 0.05) is 18.4 Å². The highest BCUT2D eigenvalue weighted by atomic mass is 32.1. The number of aromatic nitrogens is 4. The van der Waals surface area contributed by atoms with Crippen LogP contribution < -0.4 is 14.8 Å². The molecule has 0 saturated carbocycles. The van der Waals surface area contributed by atoms with Gasteiger partial charge >= 0.3 is 0 Å². The van der Waals surface area contributed by atoms with Gasteiger partial charge < -0.3 is 19.3 Å². The second-order valence-electron chi connectivity index (χ2n) is 5.48. The van der Waals surface area contributed by atoms with Crippen LogP contribution in [0.15, 0.2) is 22.7 Å². The van der Waals surface area contributed by atoms with E-state index >= 15 is 0 Å². The van der Waals surface area contributed by atoms with Gasteiger partial charge in [-0.1, -0.05) is 23.4 Å². The summed E-state index contributed by atoms with van der Waals surface area (Å²) in [7, 11) is 3.13. The van der Waals surface area contributed by atoms with Crippen LogP contribution in [0.2, 0.25) is 0 Å². The average Bonchev–Trinajstić information content (AvgIpc) is 3.35. The van der Waals surface area contributed by atoms with Crippen molar-refractivity contribution in [1.29, 1.82) is 0 Å². The molecule has 2 aromatic heterocycles. The van der Waals surface area contributed by atoms with Gasteiger partial charge in [0.1, 0.15) is 5.01 Å². The summed E-state index contributed by atoms with van der Waals surface area (Å²) in [6.45, 7) is 1.98. The number of hydrogen-bond acceptors (Lipinski definition) is 9. The second kappa shape index (κ2) is 8.58. The van der Waals surface area contributed by atoms with Crippen LogP contribution in [0, 0.1) is 0 Å². The van der Waals surface area contributed by atoms with Crippen molar-refractivity contribution in [2.24, 2.45) is 0 Å². The minimum Gasteiger partial charge on any atom is -0.493 e. The predicted octanol–water partition coefficient (Wildman–Crippen LogP) is 2.74. The molecule has 3 rings (SSSR count). The van der Waals surface area contributed by atoms with E-state index in [0.29, 0.717) is 34.8 Å². The number of nitrogens with one attached hydrogen (secondary N) is 1. The highest BCUT2D eigenvalue weighted by Gasteiger charge is 2.14. The van der Waals surface area contributed by atoms with E-state index in [1.54, 1.807) is 26.4 Å². The molecule has 0 aliphatic carbocycles. The molecule has 9 nitrogen and oxygen atoms in total. The fraction of sp³-hybridized carbons (Fsp3) is 0.353. The van der Waals surface area contributed by atoms with Crippen LogP contribution in [0.3, 0.4) is 0 Å². The Bertz CT molecular complexity index is 924. The molecule has 3 aromatic rings. The van der Waals surface area contributed by atoms with Crippen molar-refractivity contribution in [2.75, 3.05) is 19.5 Å². The quantitative estimate of drug-likeness (QED) is 0.626. The Hall–Kier alpha value is -3.01. The van der Waals surface area contributed by atoms with E-state index in [1.165, 1.54) is 11.3 Å². The number of carbonyl (C=O) groups is 1. The van der Waals surface area contributed by atoms with E-state index in [4.69, 9.17) is 14.0 Å². The van der Waals surface area contributed by atoms with E-state index < -0.39 is 0 Å². The van der Waals surface area contributed by atoms with Crippen LogP contribution in [0.1, 0.15) is 24.2 Å². The van der Waals surface area contributed by atoms with Crippen molar-refractivity contribution in [1.82, 2.24) is 20.3 Å². The highest BCUT2D eigenvalue weighted by molar-refractivity contribution is 7.15. The summed E-state index contributed by atoms with van der Waals surface area (Å²) in [5, 5.41) is 15.9. The molecule has 142 valence electrons. The van der Waals surface area contributed by atoms with Crippen LogP contribution in [-0.2, 0) is 17.6 Å². The molecule has 0 unspecified atom stereocenters. The zero-order valence-corrected chi connectivity index (χ0v) is 16.0. The first-order valence-corrected chi connectivity index (χ1v) is 9.11. The van der Waals surface area contributed by atoms with E-state index in [2.05, 4.69) is 25.7 Å². The molecule has 0 aliphatic rings. The number of carbonyl (C=O) groups excluding carboxylic acids is 1. The summed E-state index contributed by atoms with van der Waals surface area (Å²) < 4.78 is 15.7. The maximum absolute atomic E-state index is 12.0. The van der Waals surface area contributed by atoms with Gasteiger partial charge in [0.15, 0.2) is 11.5 Å². The summed E-state index contributed by atoms with van der Waals surface area (Å²) in [6, 6.07) is 5.34. The van der Waals surface area contributed by atoms with E-state index in [1.807, 2.05) is 13.0 Å². The van der Waals surface area contributed by atoms with Crippen LogP contribution >= 0.6 is 11.3 Å². The van der Waals surface area contributed by atoms with Crippen molar-refractivity contribution in [3.63, 3.8) is 0 Å². The number of methoxy groups -OCH3 is 2. The lowest BCUT2D eigenvalue weighted by Gasteiger charge is -2.07. The predicted molar refractivity (Wildman–Crippen MR) is 99.1 cm³/mol. The Morgan fingerprint density at radius 1 is 1.22 bits per heavy atom. The number of anilines is 1. The highest BCUT2D eigenvalue weighted by Crippen LogP contribution is 2.31. The molecule has 27 heavy (non-hydrogen) atoms. The van der Waals surface area contributed by atoms with Gasteiger partial charge in [-0.25, -0.2) is 0 Å². The normalized spacial score (nSPS) is 10.6. The van der Waals surface area contributed by atoms with Gasteiger partial charge in [-0.2, -0.15) is 4.98 Å². The van der Waals surface area contributed by atoms with Crippen molar-refractivity contribution in [3.8, 4) is 22.9 Å². The molecule has 1 amide bonds. The monoisotopic (exact) mass is 389 g/mol. The SMILES string of the molecule is CCc1nnc(NC(=O)CCc2nc(-c3ccc(OC)c(OC)c3)no2)s1. The smallest absolute Gasteiger partial charge is 0.227 e. The Balaban J connectivity index is 1.60. The molecule has 2 heterocycles. The first-order chi connectivity index (χ1) is 13.1. The van der Waals surface area contributed by atoms with Crippen LogP contribution in [0.25, 0.3) is 11.4 Å². The molecule has 0 saturated heterocycles. The van der Waals surface area contributed by atoms with Gasteiger partial charge in [-0.15, -0.1) is 10.2 Å². The van der Waals surface area contributed by atoms with Gasteiger partial charge in [-0.05, 0) is 24.6 Å². The second-order valence-corrected chi connectivity index (χ2v) is 6.55. The molecule has 0 atom stereocenters. The van der Waals surface area contributed by atoms with Crippen LogP contribution in [0.5, 0.6) is 11.5 Å². The first kappa shape index (κ1) is 18.8. The topological polar surface area (TPSA) is 112 Å². The standard InChI is InChI=1S/C17H19N5O4S/c1-4-15-20-21-17(27-15)18-13(23)7-8-14-19-16(22-26-14)10-5-6-11(24-2)12(9-10)25-3/h5-6,9H,4,7-8H2,1-3H3,(H,18,21,23). The largest absolute Gasteiger partial charge is 0.493 e. The number of ether oxygens (including phenoxy) is 2. The third-order valence-corrected chi connectivity index (χ3v) is 4.67. The molecule has 1 N–H and O–H groups in total. The van der Waals surface area contributed by atoms with Gasteiger partial charge in [-0.3, -0.25) is 4.79 Å². The van der Waals surface area contributed by atoms with Crippen LogP contribution in [-0.4, -0.2) is 40.5 Å².